The maximum Gasteiger partial charge on any atom is 0.244 e. The lowest BCUT2D eigenvalue weighted by Crippen LogP contribution is -2.53. The van der Waals surface area contributed by atoms with Gasteiger partial charge < -0.3 is 19.7 Å². The highest BCUT2D eigenvalue weighted by Crippen LogP contribution is 2.36. The Morgan fingerprint density at radius 2 is 1.69 bits per heavy atom. The monoisotopic (exact) mass is 597 g/mol. The van der Waals surface area contributed by atoms with Gasteiger partial charge in [0.15, 0.2) is 11.5 Å². The average Bonchev–Trinajstić information content (AvgIpc) is 3.47. The zero-order chi connectivity index (χ0) is 30.1. The maximum atomic E-state index is 14.9. The van der Waals surface area contributed by atoms with E-state index in [1.165, 1.54) is 30.0 Å². The summed E-state index contributed by atoms with van der Waals surface area (Å²) in [4.78, 5) is 29.1. The number of unbranched alkanes of at least 4 members (excludes halogenated alkanes) is 1. The van der Waals surface area contributed by atoms with Crippen molar-refractivity contribution in [1.29, 1.82) is 0 Å². The van der Waals surface area contributed by atoms with Crippen LogP contribution in [0.25, 0.3) is 0 Å². The van der Waals surface area contributed by atoms with Crippen molar-refractivity contribution in [1.82, 2.24) is 10.2 Å². The van der Waals surface area contributed by atoms with Crippen molar-refractivity contribution < 1.29 is 31.9 Å². The van der Waals surface area contributed by atoms with E-state index in [2.05, 4.69) is 5.32 Å². The van der Waals surface area contributed by atoms with Gasteiger partial charge in [0.25, 0.3) is 0 Å². The van der Waals surface area contributed by atoms with E-state index < -0.39 is 40.2 Å². The smallest absolute Gasteiger partial charge is 0.244 e. The van der Waals surface area contributed by atoms with Crippen LogP contribution in [0.4, 0.5) is 10.1 Å². The Kier molecular flexibility index (Phi) is 10.4. The molecule has 0 aromatic heterocycles. The van der Waals surface area contributed by atoms with Crippen molar-refractivity contribution in [3.8, 4) is 11.5 Å². The van der Waals surface area contributed by atoms with Crippen LogP contribution in [0.3, 0.4) is 0 Å². The third-order valence-electron chi connectivity index (χ3n) is 7.02. The predicted octanol–water partition coefficient (Wildman–Crippen LogP) is 4.27. The number of ether oxygens (including phenoxy) is 2. The number of halogens is 1. The molecule has 0 spiro atoms. The standard InChI is InChI=1S/C31H36FN3O6S/c1-3-5-17-33-31(37)27(18-23-11-7-6-8-12-23)34(20-24-13-9-10-14-26(24)32)30(36)21-35(42(38,39)4-2)25-15-16-28-29(19-25)41-22-40-28/h6-16,19,27H,3-5,17-18,20-22H2,1-2H3,(H,33,37)/t27-/m1/s1. The summed E-state index contributed by atoms with van der Waals surface area (Å²) in [7, 11) is -3.95. The molecular formula is C31H36FN3O6S. The van der Waals surface area contributed by atoms with Crippen LogP contribution in [0.1, 0.15) is 37.8 Å². The number of hydrogen-bond donors (Lipinski definition) is 1. The molecular weight excluding hydrogens is 561 g/mol. The SMILES string of the molecule is CCCCNC(=O)[C@@H](Cc1ccccc1)N(Cc1ccccc1F)C(=O)CN(c1ccc2c(c1)OCO2)S(=O)(=O)CC. The molecule has 224 valence electrons. The molecule has 1 atom stereocenters. The van der Waals surface area contributed by atoms with Crippen LogP contribution in [-0.2, 0) is 32.6 Å². The number of carbonyl (C=O) groups is 2. The molecule has 0 aliphatic carbocycles. The summed E-state index contributed by atoms with van der Waals surface area (Å²) < 4.78 is 53.2. The van der Waals surface area contributed by atoms with Gasteiger partial charge in [0.05, 0.1) is 11.4 Å². The first-order valence-corrected chi connectivity index (χ1v) is 15.6. The number of hydrogen-bond acceptors (Lipinski definition) is 6. The van der Waals surface area contributed by atoms with Crippen molar-refractivity contribution >= 4 is 27.5 Å². The number of rotatable bonds is 14. The second-order valence-electron chi connectivity index (χ2n) is 9.91. The number of anilines is 1. The minimum atomic E-state index is -3.95. The normalized spacial score (nSPS) is 12.9. The fraction of sp³-hybridized carbons (Fsp3) is 0.355. The minimum absolute atomic E-state index is 0.00295. The molecule has 0 bridgehead atoms. The van der Waals surface area contributed by atoms with E-state index in [0.29, 0.717) is 18.0 Å². The Bertz CT molecular complexity index is 1480. The Labute approximate surface area is 246 Å². The third-order valence-corrected chi connectivity index (χ3v) is 8.76. The quantitative estimate of drug-likeness (QED) is 0.279. The summed E-state index contributed by atoms with van der Waals surface area (Å²) >= 11 is 0. The van der Waals surface area contributed by atoms with Crippen molar-refractivity contribution in [3.05, 3.63) is 89.7 Å². The molecule has 3 aromatic carbocycles. The number of carbonyl (C=O) groups excluding carboxylic acids is 2. The van der Waals surface area contributed by atoms with Gasteiger partial charge in [0.1, 0.15) is 18.4 Å². The fourth-order valence-electron chi connectivity index (χ4n) is 4.63. The van der Waals surface area contributed by atoms with Crippen LogP contribution in [0.2, 0.25) is 0 Å². The van der Waals surface area contributed by atoms with Gasteiger partial charge in [0, 0.05) is 31.1 Å². The lowest BCUT2D eigenvalue weighted by atomic mass is 10.0. The highest BCUT2D eigenvalue weighted by atomic mass is 32.2. The van der Waals surface area contributed by atoms with Crippen LogP contribution in [0.15, 0.2) is 72.8 Å². The lowest BCUT2D eigenvalue weighted by Gasteiger charge is -2.34. The largest absolute Gasteiger partial charge is 0.454 e. The summed E-state index contributed by atoms with van der Waals surface area (Å²) in [6.07, 6.45) is 1.77. The maximum absolute atomic E-state index is 14.9. The zero-order valence-corrected chi connectivity index (χ0v) is 24.6. The molecule has 0 radical (unpaired) electrons. The number of sulfonamides is 1. The lowest BCUT2D eigenvalue weighted by molar-refractivity contribution is -0.140. The molecule has 0 fully saturated rings. The van der Waals surface area contributed by atoms with Crippen LogP contribution in [0, 0.1) is 5.82 Å². The zero-order valence-electron chi connectivity index (χ0n) is 23.8. The van der Waals surface area contributed by atoms with Gasteiger partial charge in [0.2, 0.25) is 28.6 Å². The van der Waals surface area contributed by atoms with Crippen LogP contribution in [0.5, 0.6) is 11.5 Å². The van der Waals surface area contributed by atoms with Crippen LogP contribution >= 0.6 is 0 Å². The fourth-order valence-corrected chi connectivity index (χ4v) is 5.68. The van der Waals surface area contributed by atoms with Gasteiger partial charge in [-0.3, -0.25) is 13.9 Å². The van der Waals surface area contributed by atoms with E-state index in [-0.39, 0.29) is 36.8 Å². The molecule has 2 amide bonds. The van der Waals surface area contributed by atoms with Crippen molar-refractivity contribution in [2.24, 2.45) is 0 Å². The molecule has 1 heterocycles. The molecule has 0 saturated carbocycles. The summed E-state index contributed by atoms with van der Waals surface area (Å²) in [6.45, 7) is 3.07. The Morgan fingerprint density at radius 1 is 0.976 bits per heavy atom. The molecule has 1 aliphatic rings. The molecule has 1 aliphatic heterocycles. The minimum Gasteiger partial charge on any atom is -0.454 e. The predicted molar refractivity (Wildman–Crippen MR) is 158 cm³/mol. The second-order valence-corrected chi connectivity index (χ2v) is 12.1. The summed E-state index contributed by atoms with van der Waals surface area (Å²) in [6, 6.07) is 18.8. The molecule has 0 saturated heterocycles. The van der Waals surface area contributed by atoms with Gasteiger partial charge in [-0.15, -0.1) is 0 Å². The van der Waals surface area contributed by atoms with Gasteiger partial charge in [-0.25, -0.2) is 12.8 Å². The first kappa shape index (κ1) is 30.8. The number of nitrogens with zero attached hydrogens (tertiary/aromatic N) is 2. The Morgan fingerprint density at radius 3 is 2.40 bits per heavy atom. The molecule has 11 heteroatoms. The summed E-state index contributed by atoms with van der Waals surface area (Å²) in [5, 5.41) is 2.91. The van der Waals surface area contributed by atoms with Crippen molar-refractivity contribution in [2.45, 2.75) is 45.7 Å². The van der Waals surface area contributed by atoms with Gasteiger partial charge in [-0.2, -0.15) is 0 Å². The second kappa shape index (κ2) is 14.2. The van der Waals surface area contributed by atoms with Crippen LogP contribution < -0.4 is 19.1 Å². The number of nitrogens with one attached hydrogen (secondary N) is 1. The van der Waals surface area contributed by atoms with E-state index in [1.54, 1.807) is 24.3 Å². The number of amides is 2. The summed E-state index contributed by atoms with van der Waals surface area (Å²) in [5.41, 5.74) is 1.22. The van der Waals surface area contributed by atoms with E-state index in [4.69, 9.17) is 9.47 Å². The molecule has 1 N–H and O–H groups in total. The van der Waals surface area contributed by atoms with E-state index in [0.717, 1.165) is 22.7 Å². The topological polar surface area (TPSA) is 105 Å². The number of fused-ring (bicyclic) bond motifs is 1. The third kappa shape index (κ3) is 7.58. The molecule has 42 heavy (non-hydrogen) atoms. The molecule has 4 rings (SSSR count). The van der Waals surface area contributed by atoms with Gasteiger partial charge in [-0.05, 0) is 37.1 Å². The van der Waals surface area contributed by atoms with Crippen molar-refractivity contribution in [3.63, 3.8) is 0 Å². The van der Waals surface area contributed by atoms with Crippen LogP contribution in [-0.4, -0.2) is 56.8 Å². The van der Waals surface area contributed by atoms with E-state index in [9.17, 15) is 22.4 Å². The Hall–Kier alpha value is -4.12. The highest BCUT2D eigenvalue weighted by molar-refractivity contribution is 7.92. The average molecular weight is 598 g/mol. The molecule has 0 unspecified atom stereocenters. The Balaban J connectivity index is 1.74. The first-order chi connectivity index (χ1) is 20.2. The van der Waals surface area contributed by atoms with E-state index in [1.807, 2.05) is 37.3 Å². The number of benzene rings is 3. The van der Waals surface area contributed by atoms with Gasteiger partial charge >= 0.3 is 0 Å². The summed E-state index contributed by atoms with van der Waals surface area (Å²) in [5.74, 6) is -1.03. The van der Waals surface area contributed by atoms with E-state index >= 15 is 0 Å². The first-order valence-electron chi connectivity index (χ1n) is 14.0. The molecule has 9 nitrogen and oxygen atoms in total. The highest BCUT2D eigenvalue weighted by Gasteiger charge is 2.34. The van der Waals surface area contributed by atoms with Gasteiger partial charge in [-0.1, -0.05) is 61.9 Å². The van der Waals surface area contributed by atoms with Crippen molar-refractivity contribution in [2.75, 3.05) is 29.9 Å². The molecule has 3 aromatic rings.